The maximum Gasteiger partial charge on any atom is 0.317 e. The Labute approximate surface area is 121 Å². The molecule has 20 heavy (non-hydrogen) atoms. The fraction of sp³-hybridized carbons (Fsp3) is 0.533. The highest BCUT2D eigenvalue weighted by Crippen LogP contribution is 2.20. The minimum Gasteiger partial charge on any atom is -0.392 e. The zero-order valence-electron chi connectivity index (χ0n) is 13.0. The third kappa shape index (κ3) is 4.74. The minimum atomic E-state index is -0.525. The molecule has 0 aliphatic rings. The minimum absolute atomic E-state index is 0.184. The van der Waals surface area contributed by atoms with Crippen LogP contribution in [-0.4, -0.2) is 49.8 Å². The van der Waals surface area contributed by atoms with E-state index in [1.807, 2.05) is 38.1 Å². The fourth-order valence-electron chi connectivity index (χ4n) is 2.02. The lowest BCUT2D eigenvalue weighted by Gasteiger charge is -2.21. The number of hydrogen-bond donors (Lipinski definition) is 2. The lowest BCUT2D eigenvalue weighted by atomic mass is 10.1. The van der Waals surface area contributed by atoms with E-state index in [0.717, 1.165) is 11.3 Å². The maximum absolute atomic E-state index is 11.9. The Bertz CT molecular complexity index is 458. The molecule has 0 bridgehead atoms. The quantitative estimate of drug-likeness (QED) is 0.860. The van der Waals surface area contributed by atoms with E-state index in [4.69, 9.17) is 0 Å². The summed E-state index contributed by atoms with van der Waals surface area (Å²) in [5, 5.41) is 12.1. The summed E-state index contributed by atoms with van der Waals surface area (Å²) in [6.07, 6.45) is -0.525. The number of urea groups is 1. The van der Waals surface area contributed by atoms with Crippen molar-refractivity contribution in [3.8, 4) is 0 Å². The van der Waals surface area contributed by atoms with E-state index in [2.05, 4.69) is 11.4 Å². The first-order valence-electron chi connectivity index (χ1n) is 6.75. The number of nitrogens with one attached hydrogen (secondary N) is 1. The van der Waals surface area contributed by atoms with Crippen LogP contribution in [-0.2, 0) is 6.54 Å². The molecule has 0 fully saturated rings. The van der Waals surface area contributed by atoms with Gasteiger partial charge in [0.05, 0.1) is 6.10 Å². The summed E-state index contributed by atoms with van der Waals surface area (Å²) in [5.41, 5.74) is 3.36. The largest absolute Gasteiger partial charge is 0.392 e. The number of anilines is 1. The Kier molecular flexibility index (Phi) is 5.82. The molecule has 5 nitrogen and oxygen atoms in total. The summed E-state index contributed by atoms with van der Waals surface area (Å²) in [5.74, 6) is 0. The number of aliphatic hydroxyl groups excluding tert-OH is 1. The van der Waals surface area contributed by atoms with Gasteiger partial charge in [-0.3, -0.25) is 0 Å². The number of carbonyl (C=O) groups excluding carboxylic acids is 1. The first kappa shape index (κ1) is 16.3. The smallest absolute Gasteiger partial charge is 0.317 e. The fourth-order valence-corrected chi connectivity index (χ4v) is 2.02. The molecule has 1 aromatic carbocycles. The number of rotatable bonds is 5. The molecular formula is C15H25N3O2. The van der Waals surface area contributed by atoms with Crippen molar-refractivity contribution in [3.63, 3.8) is 0 Å². The van der Waals surface area contributed by atoms with Crippen LogP contribution < -0.4 is 10.2 Å². The Hall–Kier alpha value is -1.75. The molecule has 0 saturated carbocycles. The predicted octanol–water partition coefficient (Wildman–Crippen LogP) is 1.58. The van der Waals surface area contributed by atoms with Crippen LogP contribution in [0.2, 0.25) is 0 Å². The van der Waals surface area contributed by atoms with Gasteiger partial charge in [-0.25, -0.2) is 4.79 Å². The molecule has 0 heterocycles. The van der Waals surface area contributed by atoms with E-state index in [1.165, 1.54) is 10.5 Å². The van der Waals surface area contributed by atoms with E-state index < -0.39 is 6.10 Å². The molecule has 1 atom stereocenters. The summed E-state index contributed by atoms with van der Waals surface area (Å²) in [6.45, 7) is 4.50. The van der Waals surface area contributed by atoms with Crippen molar-refractivity contribution in [2.45, 2.75) is 26.5 Å². The zero-order valence-corrected chi connectivity index (χ0v) is 13.0. The monoisotopic (exact) mass is 279 g/mol. The number of hydrogen-bond acceptors (Lipinski definition) is 3. The maximum atomic E-state index is 11.9. The van der Waals surface area contributed by atoms with Gasteiger partial charge in [0.2, 0.25) is 0 Å². The molecule has 0 aromatic heterocycles. The molecule has 0 aliphatic carbocycles. The highest BCUT2D eigenvalue weighted by atomic mass is 16.3. The average molecular weight is 279 g/mol. The Morgan fingerprint density at radius 2 is 2.00 bits per heavy atom. The number of benzene rings is 1. The van der Waals surface area contributed by atoms with Crippen molar-refractivity contribution >= 4 is 11.7 Å². The van der Waals surface area contributed by atoms with E-state index in [0.29, 0.717) is 13.1 Å². The summed E-state index contributed by atoms with van der Waals surface area (Å²) in [4.78, 5) is 15.4. The van der Waals surface area contributed by atoms with E-state index in [-0.39, 0.29) is 6.03 Å². The second-order valence-corrected chi connectivity index (χ2v) is 5.41. The van der Waals surface area contributed by atoms with Crippen LogP contribution in [0.1, 0.15) is 18.1 Å². The molecular weight excluding hydrogens is 254 g/mol. The summed E-state index contributed by atoms with van der Waals surface area (Å²) in [7, 11) is 5.64. The highest BCUT2D eigenvalue weighted by Gasteiger charge is 2.11. The van der Waals surface area contributed by atoms with Crippen molar-refractivity contribution in [2.24, 2.45) is 0 Å². The molecule has 2 N–H and O–H groups in total. The van der Waals surface area contributed by atoms with Gasteiger partial charge in [-0.15, -0.1) is 0 Å². The number of aliphatic hydroxyl groups is 1. The van der Waals surface area contributed by atoms with Crippen molar-refractivity contribution in [1.29, 1.82) is 0 Å². The number of amides is 2. The van der Waals surface area contributed by atoms with E-state index >= 15 is 0 Å². The Morgan fingerprint density at radius 1 is 1.35 bits per heavy atom. The van der Waals surface area contributed by atoms with Gasteiger partial charge in [-0.1, -0.05) is 12.1 Å². The zero-order chi connectivity index (χ0) is 15.3. The van der Waals surface area contributed by atoms with Crippen LogP contribution in [0, 0.1) is 6.92 Å². The second kappa shape index (κ2) is 7.14. The topological polar surface area (TPSA) is 55.8 Å². The third-order valence-electron chi connectivity index (χ3n) is 3.04. The summed E-state index contributed by atoms with van der Waals surface area (Å²) >= 11 is 0. The summed E-state index contributed by atoms with van der Waals surface area (Å²) < 4.78 is 0. The standard InChI is InChI=1S/C15H25N3O2/c1-11-6-7-13(14(8-11)17(3)4)9-16-15(20)18(5)10-12(2)19/h6-8,12,19H,9-10H2,1-5H3,(H,16,20). The van der Waals surface area contributed by atoms with Crippen molar-refractivity contribution < 1.29 is 9.90 Å². The van der Waals surface area contributed by atoms with Gasteiger partial charge >= 0.3 is 6.03 Å². The van der Waals surface area contributed by atoms with Gasteiger partial charge in [-0.05, 0) is 31.0 Å². The molecule has 0 radical (unpaired) electrons. The molecule has 112 valence electrons. The van der Waals surface area contributed by atoms with Gasteiger partial charge in [0.1, 0.15) is 0 Å². The number of carbonyl (C=O) groups is 1. The summed E-state index contributed by atoms with van der Waals surface area (Å²) in [6, 6.07) is 5.98. The average Bonchev–Trinajstić information content (AvgIpc) is 2.35. The van der Waals surface area contributed by atoms with Crippen LogP contribution in [0.4, 0.5) is 10.5 Å². The lowest BCUT2D eigenvalue weighted by Crippen LogP contribution is -2.40. The van der Waals surface area contributed by atoms with Crippen molar-refractivity contribution in [3.05, 3.63) is 29.3 Å². The highest BCUT2D eigenvalue weighted by molar-refractivity contribution is 5.74. The normalized spacial score (nSPS) is 11.9. The first-order valence-corrected chi connectivity index (χ1v) is 6.75. The van der Waals surface area contributed by atoms with Crippen LogP contribution in [0.25, 0.3) is 0 Å². The molecule has 0 aliphatic heterocycles. The third-order valence-corrected chi connectivity index (χ3v) is 3.04. The van der Waals surface area contributed by atoms with Crippen LogP contribution in [0.3, 0.4) is 0 Å². The van der Waals surface area contributed by atoms with Gasteiger partial charge in [0.15, 0.2) is 0 Å². The van der Waals surface area contributed by atoms with Crippen LogP contribution in [0.15, 0.2) is 18.2 Å². The molecule has 1 unspecified atom stereocenters. The number of nitrogens with zero attached hydrogens (tertiary/aromatic N) is 2. The van der Waals surface area contributed by atoms with Crippen molar-refractivity contribution in [2.75, 3.05) is 32.6 Å². The van der Waals surface area contributed by atoms with Crippen molar-refractivity contribution in [1.82, 2.24) is 10.2 Å². The first-order chi connectivity index (χ1) is 9.31. The molecule has 0 saturated heterocycles. The van der Waals surface area contributed by atoms with E-state index in [1.54, 1.807) is 14.0 Å². The lowest BCUT2D eigenvalue weighted by molar-refractivity contribution is 0.143. The molecule has 1 rings (SSSR count). The predicted molar refractivity (Wildman–Crippen MR) is 82.1 cm³/mol. The molecule has 0 spiro atoms. The molecule has 5 heteroatoms. The van der Waals surface area contributed by atoms with Crippen LogP contribution in [0.5, 0.6) is 0 Å². The number of aryl methyl sites for hydroxylation is 1. The van der Waals surface area contributed by atoms with Gasteiger partial charge in [-0.2, -0.15) is 0 Å². The van der Waals surface area contributed by atoms with Gasteiger partial charge in [0, 0.05) is 39.9 Å². The molecule has 2 amide bonds. The second-order valence-electron chi connectivity index (χ2n) is 5.41. The Morgan fingerprint density at radius 3 is 2.55 bits per heavy atom. The van der Waals surface area contributed by atoms with Gasteiger partial charge in [0.25, 0.3) is 0 Å². The number of likely N-dealkylation sites (N-methyl/N-ethyl adjacent to an activating group) is 1. The van der Waals surface area contributed by atoms with Gasteiger partial charge < -0.3 is 20.2 Å². The Balaban J connectivity index is 2.68. The molecule has 1 aromatic rings. The van der Waals surface area contributed by atoms with Crippen LogP contribution >= 0.6 is 0 Å². The SMILES string of the molecule is Cc1ccc(CNC(=O)N(C)CC(C)O)c(N(C)C)c1. The van der Waals surface area contributed by atoms with E-state index in [9.17, 15) is 9.90 Å².